The SMILES string of the molecule is CCC(OC1CCCCC1)C(=O)N1CCC(CCNC)CC1. The van der Waals surface area contributed by atoms with Crippen LogP contribution in [0.4, 0.5) is 0 Å². The Hall–Kier alpha value is -0.610. The van der Waals surface area contributed by atoms with Crippen molar-refractivity contribution in [1.29, 1.82) is 0 Å². The van der Waals surface area contributed by atoms with Crippen LogP contribution >= 0.6 is 0 Å². The molecule has 0 bridgehead atoms. The van der Waals surface area contributed by atoms with Gasteiger partial charge in [-0.2, -0.15) is 0 Å². The van der Waals surface area contributed by atoms with E-state index in [0.29, 0.717) is 6.10 Å². The number of nitrogens with zero attached hydrogens (tertiary/aromatic N) is 1. The first-order valence-corrected chi connectivity index (χ1v) is 9.33. The number of amides is 1. The molecule has 0 spiro atoms. The highest BCUT2D eigenvalue weighted by atomic mass is 16.5. The molecule has 1 aliphatic carbocycles. The van der Waals surface area contributed by atoms with Crippen molar-refractivity contribution in [2.45, 2.75) is 76.9 Å². The third kappa shape index (κ3) is 5.24. The lowest BCUT2D eigenvalue weighted by Crippen LogP contribution is -2.46. The zero-order chi connectivity index (χ0) is 15.8. The van der Waals surface area contributed by atoms with Crippen molar-refractivity contribution in [1.82, 2.24) is 10.2 Å². The fraction of sp³-hybridized carbons (Fsp3) is 0.944. The third-order valence-electron chi connectivity index (χ3n) is 5.28. The van der Waals surface area contributed by atoms with Gasteiger partial charge in [0.25, 0.3) is 5.91 Å². The van der Waals surface area contributed by atoms with Crippen molar-refractivity contribution in [2.24, 2.45) is 5.92 Å². The lowest BCUT2D eigenvalue weighted by Gasteiger charge is -2.35. The highest BCUT2D eigenvalue weighted by Gasteiger charge is 2.29. The van der Waals surface area contributed by atoms with Crippen LogP contribution in [0.3, 0.4) is 0 Å². The molecular weight excluding hydrogens is 276 g/mol. The summed E-state index contributed by atoms with van der Waals surface area (Å²) in [6.45, 7) is 4.99. The van der Waals surface area contributed by atoms with E-state index in [1.165, 1.54) is 25.7 Å². The number of nitrogens with one attached hydrogen (secondary N) is 1. The van der Waals surface area contributed by atoms with Crippen molar-refractivity contribution in [3.05, 3.63) is 0 Å². The molecule has 128 valence electrons. The van der Waals surface area contributed by atoms with Gasteiger partial charge in [-0.25, -0.2) is 0 Å². The van der Waals surface area contributed by atoms with Crippen molar-refractivity contribution >= 4 is 5.91 Å². The second-order valence-electron chi connectivity index (χ2n) is 6.95. The molecule has 1 heterocycles. The summed E-state index contributed by atoms with van der Waals surface area (Å²) in [6.07, 6.45) is 10.5. The van der Waals surface area contributed by atoms with Gasteiger partial charge in [0.2, 0.25) is 0 Å². The molecular formula is C18H34N2O2. The van der Waals surface area contributed by atoms with Gasteiger partial charge in [-0.15, -0.1) is 0 Å². The Labute approximate surface area is 136 Å². The Bertz CT molecular complexity index is 321. The third-order valence-corrected chi connectivity index (χ3v) is 5.28. The Morgan fingerprint density at radius 3 is 2.45 bits per heavy atom. The van der Waals surface area contributed by atoms with Crippen molar-refractivity contribution < 1.29 is 9.53 Å². The minimum Gasteiger partial charge on any atom is -0.365 e. The number of carbonyl (C=O) groups excluding carboxylic acids is 1. The predicted octanol–water partition coefficient (Wildman–Crippen LogP) is 2.96. The first-order chi connectivity index (χ1) is 10.7. The molecule has 1 atom stereocenters. The molecule has 1 saturated carbocycles. The molecule has 4 heteroatoms. The average molecular weight is 310 g/mol. The molecule has 2 fully saturated rings. The summed E-state index contributed by atoms with van der Waals surface area (Å²) in [7, 11) is 2.01. The van der Waals surface area contributed by atoms with Crippen LogP contribution in [0, 0.1) is 5.92 Å². The lowest BCUT2D eigenvalue weighted by atomic mass is 9.93. The van der Waals surface area contributed by atoms with E-state index in [9.17, 15) is 4.79 Å². The predicted molar refractivity (Wildman–Crippen MR) is 89.9 cm³/mol. The molecule has 1 saturated heterocycles. The summed E-state index contributed by atoms with van der Waals surface area (Å²) >= 11 is 0. The van der Waals surface area contributed by atoms with Crippen molar-refractivity contribution in [3.63, 3.8) is 0 Å². The zero-order valence-electron chi connectivity index (χ0n) is 14.5. The summed E-state index contributed by atoms with van der Waals surface area (Å²) in [5.41, 5.74) is 0. The second kappa shape index (κ2) is 9.51. The smallest absolute Gasteiger partial charge is 0.251 e. The molecule has 2 rings (SSSR count). The number of piperidine rings is 1. The monoisotopic (exact) mass is 310 g/mol. The number of ether oxygens (including phenoxy) is 1. The maximum absolute atomic E-state index is 12.7. The Morgan fingerprint density at radius 2 is 1.86 bits per heavy atom. The summed E-state index contributed by atoms with van der Waals surface area (Å²) in [6, 6.07) is 0. The summed E-state index contributed by atoms with van der Waals surface area (Å²) in [4.78, 5) is 14.8. The van der Waals surface area contributed by atoms with E-state index >= 15 is 0 Å². The molecule has 4 nitrogen and oxygen atoms in total. The maximum atomic E-state index is 12.7. The quantitative estimate of drug-likeness (QED) is 0.786. The molecule has 22 heavy (non-hydrogen) atoms. The highest BCUT2D eigenvalue weighted by Crippen LogP contribution is 2.25. The van der Waals surface area contributed by atoms with E-state index in [1.54, 1.807) is 0 Å². The Kier molecular flexibility index (Phi) is 7.67. The van der Waals surface area contributed by atoms with Crippen molar-refractivity contribution in [2.75, 3.05) is 26.7 Å². The highest BCUT2D eigenvalue weighted by molar-refractivity contribution is 5.81. The van der Waals surface area contributed by atoms with E-state index < -0.39 is 0 Å². The van der Waals surface area contributed by atoms with Crippen LogP contribution in [0.2, 0.25) is 0 Å². The largest absolute Gasteiger partial charge is 0.365 e. The zero-order valence-corrected chi connectivity index (χ0v) is 14.5. The second-order valence-corrected chi connectivity index (χ2v) is 6.95. The van der Waals surface area contributed by atoms with Crippen LogP contribution in [0.5, 0.6) is 0 Å². The summed E-state index contributed by atoms with van der Waals surface area (Å²) in [5.74, 6) is 1.01. The van der Waals surface area contributed by atoms with Crippen molar-refractivity contribution in [3.8, 4) is 0 Å². The van der Waals surface area contributed by atoms with Gasteiger partial charge in [-0.1, -0.05) is 26.2 Å². The molecule has 1 unspecified atom stereocenters. The van der Waals surface area contributed by atoms with Gasteiger partial charge in [0.05, 0.1) is 6.10 Å². The van der Waals surface area contributed by atoms with Gasteiger partial charge in [-0.05, 0) is 58.0 Å². The molecule has 0 radical (unpaired) electrons. The van der Waals surface area contributed by atoms with Gasteiger partial charge in [0.15, 0.2) is 0 Å². The molecule has 1 amide bonds. The normalized spacial score (nSPS) is 22.7. The number of rotatable bonds is 7. The lowest BCUT2D eigenvalue weighted by molar-refractivity contribution is -0.150. The molecule has 1 N–H and O–H groups in total. The van der Waals surface area contributed by atoms with Crippen LogP contribution < -0.4 is 5.32 Å². The Morgan fingerprint density at radius 1 is 1.18 bits per heavy atom. The standard InChI is InChI=1S/C18H34N2O2/c1-3-17(22-16-7-5-4-6-8-16)18(21)20-13-10-15(11-14-20)9-12-19-2/h15-17,19H,3-14H2,1-2H3. The van der Waals surface area contributed by atoms with Crippen LogP contribution in [-0.4, -0.2) is 49.7 Å². The van der Waals surface area contributed by atoms with Gasteiger partial charge < -0.3 is 15.0 Å². The molecule has 0 aromatic carbocycles. The number of carbonyl (C=O) groups is 1. The van der Waals surface area contributed by atoms with Crippen LogP contribution in [-0.2, 0) is 9.53 Å². The summed E-state index contributed by atoms with van der Waals surface area (Å²) < 4.78 is 6.15. The van der Waals surface area contributed by atoms with Crippen LogP contribution in [0.15, 0.2) is 0 Å². The van der Waals surface area contributed by atoms with E-state index in [2.05, 4.69) is 12.2 Å². The first-order valence-electron chi connectivity index (χ1n) is 9.33. The molecule has 1 aliphatic heterocycles. The number of likely N-dealkylation sites (tertiary alicyclic amines) is 1. The van der Waals surface area contributed by atoms with Gasteiger partial charge in [0, 0.05) is 13.1 Å². The topological polar surface area (TPSA) is 41.6 Å². The molecule has 2 aliphatic rings. The van der Waals surface area contributed by atoms with Gasteiger partial charge >= 0.3 is 0 Å². The van der Waals surface area contributed by atoms with Crippen LogP contribution in [0.1, 0.15) is 64.7 Å². The fourth-order valence-electron chi connectivity index (χ4n) is 3.76. The minimum absolute atomic E-state index is 0.211. The molecule has 0 aromatic heterocycles. The van der Waals surface area contributed by atoms with E-state index in [4.69, 9.17) is 4.74 Å². The summed E-state index contributed by atoms with van der Waals surface area (Å²) in [5, 5.41) is 3.22. The fourth-order valence-corrected chi connectivity index (χ4v) is 3.76. The van der Waals surface area contributed by atoms with E-state index in [-0.39, 0.29) is 12.0 Å². The molecule has 0 aromatic rings. The Balaban J connectivity index is 1.76. The van der Waals surface area contributed by atoms with Gasteiger partial charge in [-0.3, -0.25) is 4.79 Å². The maximum Gasteiger partial charge on any atom is 0.251 e. The number of hydrogen-bond donors (Lipinski definition) is 1. The first kappa shape index (κ1) is 17.7. The average Bonchev–Trinajstić information content (AvgIpc) is 2.58. The van der Waals surface area contributed by atoms with E-state index in [1.807, 2.05) is 11.9 Å². The van der Waals surface area contributed by atoms with Gasteiger partial charge in [0.1, 0.15) is 6.10 Å². The minimum atomic E-state index is -0.211. The van der Waals surface area contributed by atoms with Crippen LogP contribution in [0.25, 0.3) is 0 Å². The number of hydrogen-bond acceptors (Lipinski definition) is 3. The van der Waals surface area contributed by atoms with E-state index in [0.717, 1.165) is 57.7 Å².